The van der Waals surface area contributed by atoms with Crippen molar-refractivity contribution in [1.82, 2.24) is 15.5 Å². The Labute approximate surface area is 103 Å². The van der Waals surface area contributed by atoms with Gasteiger partial charge in [0.2, 0.25) is 5.89 Å². The molecular formula is C12H22N4O. The first-order chi connectivity index (χ1) is 8.35. The van der Waals surface area contributed by atoms with Gasteiger partial charge in [-0.15, -0.1) is 5.10 Å². The molecular weight excluding hydrogens is 216 g/mol. The Bertz CT molecular complexity index is 339. The van der Waals surface area contributed by atoms with E-state index in [0.717, 1.165) is 25.9 Å². The first-order valence-electron chi connectivity index (χ1n) is 6.64. The van der Waals surface area contributed by atoms with Crippen molar-refractivity contribution >= 4 is 6.01 Å². The first-order valence-corrected chi connectivity index (χ1v) is 6.64. The minimum Gasteiger partial charge on any atom is -0.407 e. The molecule has 1 aliphatic rings. The lowest BCUT2D eigenvalue weighted by molar-refractivity contribution is 0.455. The topological polar surface area (TPSA) is 54.2 Å². The maximum atomic E-state index is 5.69. The fraction of sp³-hybridized carbons (Fsp3) is 0.833. The van der Waals surface area contributed by atoms with E-state index in [9.17, 15) is 0 Å². The molecule has 5 nitrogen and oxygen atoms in total. The summed E-state index contributed by atoms with van der Waals surface area (Å²) in [5.41, 5.74) is 0. The fourth-order valence-electron chi connectivity index (χ4n) is 2.32. The third-order valence-electron chi connectivity index (χ3n) is 3.25. The van der Waals surface area contributed by atoms with E-state index in [1.807, 2.05) is 0 Å². The zero-order valence-corrected chi connectivity index (χ0v) is 10.8. The molecule has 1 aromatic rings. The monoisotopic (exact) mass is 238 g/mol. The van der Waals surface area contributed by atoms with E-state index < -0.39 is 0 Å². The molecule has 0 radical (unpaired) electrons. The Morgan fingerprint density at radius 3 is 3.06 bits per heavy atom. The van der Waals surface area contributed by atoms with Crippen molar-refractivity contribution < 1.29 is 4.42 Å². The van der Waals surface area contributed by atoms with Gasteiger partial charge in [0, 0.05) is 12.6 Å². The van der Waals surface area contributed by atoms with Crippen LogP contribution >= 0.6 is 0 Å². The third-order valence-corrected chi connectivity index (χ3v) is 3.25. The molecule has 1 unspecified atom stereocenters. The Morgan fingerprint density at radius 1 is 1.41 bits per heavy atom. The zero-order valence-electron chi connectivity index (χ0n) is 10.8. The fourth-order valence-corrected chi connectivity index (χ4v) is 2.32. The van der Waals surface area contributed by atoms with Crippen molar-refractivity contribution in [2.75, 3.05) is 18.0 Å². The van der Waals surface area contributed by atoms with Crippen LogP contribution in [0.15, 0.2) is 4.42 Å². The summed E-state index contributed by atoms with van der Waals surface area (Å²) in [5.74, 6) is 0.690. The largest absolute Gasteiger partial charge is 0.407 e. The lowest BCUT2D eigenvalue weighted by Gasteiger charge is -2.20. The zero-order chi connectivity index (χ0) is 12.1. The van der Waals surface area contributed by atoms with E-state index in [2.05, 4.69) is 34.3 Å². The summed E-state index contributed by atoms with van der Waals surface area (Å²) in [6.07, 6.45) is 4.73. The molecule has 2 rings (SSSR count). The highest BCUT2D eigenvalue weighted by Crippen LogP contribution is 2.25. The summed E-state index contributed by atoms with van der Waals surface area (Å²) in [6, 6.07) is 1.27. The molecule has 0 spiro atoms. The van der Waals surface area contributed by atoms with Crippen molar-refractivity contribution in [3.63, 3.8) is 0 Å². The van der Waals surface area contributed by atoms with Crippen LogP contribution in [0, 0.1) is 0 Å². The van der Waals surface area contributed by atoms with E-state index in [1.54, 1.807) is 0 Å². The summed E-state index contributed by atoms with van der Waals surface area (Å²) in [4.78, 5) is 2.25. The number of hydrogen-bond acceptors (Lipinski definition) is 5. The third kappa shape index (κ3) is 2.97. The van der Waals surface area contributed by atoms with Gasteiger partial charge in [0.1, 0.15) is 0 Å². The second-order valence-corrected chi connectivity index (χ2v) is 4.55. The van der Waals surface area contributed by atoms with Gasteiger partial charge in [0.25, 0.3) is 0 Å². The van der Waals surface area contributed by atoms with Crippen molar-refractivity contribution in [2.45, 2.75) is 52.1 Å². The van der Waals surface area contributed by atoms with Gasteiger partial charge in [0.15, 0.2) is 0 Å². The van der Waals surface area contributed by atoms with E-state index in [-0.39, 0.29) is 0 Å². The summed E-state index contributed by atoms with van der Waals surface area (Å²) in [7, 11) is 0. The molecule has 1 N–H and O–H groups in total. The van der Waals surface area contributed by atoms with Gasteiger partial charge in [-0.1, -0.05) is 18.9 Å². The van der Waals surface area contributed by atoms with E-state index >= 15 is 0 Å². The Balaban J connectivity index is 1.93. The van der Waals surface area contributed by atoms with E-state index in [4.69, 9.17) is 4.42 Å². The Morgan fingerprint density at radius 2 is 2.29 bits per heavy atom. The number of nitrogens with one attached hydrogen (secondary N) is 1. The molecule has 0 aliphatic carbocycles. The summed E-state index contributed by atoms with van der Waals surface area (Å²) < 4.78 is 5.69. The number of aromatic nitrogens is 2. The molecule has 0 amide bonds. The lowest BCUT2D eigenvalue weighted by Crippen LogP contribution is -2.28. The second kappa shape index (κ2) is 6.00. The van der Waals surface area contributed by atoms with Crippen molar-refractivity contribution in [2.24, 2.45) is 0 Å². The van der Waals surface area contributed by atoms with Crippen molar-refractivity contribution in [1.29, 1.82) is 0 Å². The molecule has 5 heteroatoms. The molecule has 1 aliphatic heterocycles. The minimum absolute atomic E-state index is 0.576. The second-order valence-electron chi connectivity index (χ2n) is 4.55. The molecule has 0 bridgehead atoms. The molecule has 0 saturated carbocycles. The number of anilines is 1. The minimum atomic E-state index is 0.576. The average molecular weight is 238 g/mol. The van der Waals surface area contributed by atoms with Crippen LogP contribution in [0.1, 0.15) is 45.4 Å². The van der Waals surface area contributed by atoms with Crippen molar-refractivity contribution in [3.05, 3.63) is 5.89 Å². The molecule has 1 aromatic heterocycles. The maximum Gasteiger partial charge on any atom is 0.318 e. The smallest absolute Gasteiger partial charge is 0.318 e. The first kappa shape index (κ1) is 12.4. The van der Waals surface area contributed by atoms with Gasteiger partial charge < -0.3 is 14.6 Å². The normalized spacial score (nSPS) is 20.1. The molecule has 2 heterocycles. The molecule has 1 fully saturated rings. The number of hydrogen-bond donors (Lipinski definition) is 1. The predicted molar refractivity (Wildman–Crippen MR) is 67.0 cm³/mol. The highest BCUT2D eigenvalue weighted by Gasteiger charge is 2.26. The summed E-state index contributed by atoms with van der Waals surface area (Å²) in [6.45, 7) is 7.05. The van der Waals surface area contributed by atoms with Crippen LogP contribution in [-0.2, 0) is 6.54 Å². The van der Waals surface area contributed by atoms with E-state index in [1.165, 1.54) is 12.8 Å². The van der Waals surface area contributed by atoms with Crippen LogP contribution in [0.2, 0.25) is 0 Å². The highest BCUT2D eigenvalue weighted by molar-refractivity contribution is 5.28. The standard InChI is InChI=1S/C12H22N4O/c1-3-7-13-9-11-14-15-12(17-11)16-8-5-6-10(16)4-2/h10,13H,3-9H2,1-2H3. The van der Waals surface area contributed by atoms with Gasteiger partial charge in [-0.2, -0.15) is 0 Å². The van der Waals surface area contributed by atoms with Gasteiger partial charge >= 0.3 is 6.01 Å². The Kier molecular flexibility index (Phi) is 4.36. The Hall–Kier alpha value is -1.10. The lowest BCUT2D eigenvalue weighted by atomic mass is 10.2. The van der Waals surface area contributed by atoms with Crippen LogP contribution in [0.25, 0.3) is 0 Å². The molecule has 1 saturated heterocycles. The maximum absolute atomic E-state index is 5.69. The van der Waals surface area contributed by atoms with Crippen LogP contribution in [0.4, 0.5) is 6.01 Å². The van der Waals surface area contributed by atoms with Crippen LogP contribution in [-0.4, -0.2) is 29.3 Å². The SMILES string of the molecule is CCCNCc1nnc(N2CCCC2CC)o1. The van der Waals surface area contributed by atoms with Crippen LogP contribution in [0.3, 0.4) is 0 Å². The van der Waals surface area contributed by atoms with Crippen LogP contribution in [0.5, 0.6) is 0 Å². The number of rotatable bonds is 6. The van der Waals surface area contributed by atoms with Crippen LogP contribution < -0.4 is 10.2 Å². The predicted octanol–water partition coefficient (Wildman–Crippen LogP) is 1.95. The molecule has 96 valence electrons. The number of nitrogens with zero attached hydrogens (tertiary/aromatic N) is 3. The van der Waals surface area contributed by atoms with Crippen molar-refractivity contribution in [3.8, 4) is 0 Å². The van der Waals surface area contributed by atoms with E-state index in [0.29, 0.717) is 24.5 Å². The molecule has 0 aromatic carbocycles. The van der Waals surface area contributed by atoms with Gasteiger partial charge in [0.05, 0.1) is 6.54 Å². The van der Waals surface area contributed by atoms with Gasteiger partial charge in [-0.25, -0.2) is 0 Å². The summed E-state index contributed by atoms with van der Waals surface area (Å²) >= 11 is 0. The average Bonchev–Trinajstić information content (AvgIpc) is 2.96. The molecule has 1 atom stereocenters. The molecule has 17 heavy (non-hydrogen) atoms. The van der Waals surface area contributed by atoms with Gasteiger partial charge in [-0.3, -0.25) is 0 Å². The van der Waals surface area contributed by atoms with Gasteiger partial charge in [-0.05, 0) is 32.2 Å². The highest BCUT2D eigenvalue weighted by atomic mass is 16.4. The quantitative estimate of drug-likeness (QED) is 0.768. The summed E-state index contributed by atoms with van der Waals surface area (Å²) in [5, 5.41) is 11.5.